The lowest BCUT2D eigenvalue weighted by Gasteiger charge is -1.96. The fourth-order valence-electron chi connectivity index (χ4n) is 1.12. The Bertz CT molecular complexity index is 478. The van der Waals surface area contributed by atoms with Crippen molar-refractivity contribution in [3.8, 4) is 0 Å². The minimum atomic E-state index is 0.712. The van der Waals surface area contributed by atoms with E-state index in [1.54, 1.807) is 11.3 Å². The largest absolute Gasteiger partial charge is 0.298 e. The van der Waals surface area contributed by atoms with E-state index in [1.807, 2.05) is 12.1 Å². The van der Waals surface area contributed by atoms with Crippen molar-refractivity contribution in [3.63, 3.8) is 0 Å². The van der Waals surface area contributed by atoms with Crippen LogP contribution in [0.25, 0.3) is 10.1 Å². The summed E-state index contributed by atoms with van der Waals surface area (Å²) in [4.78, 5) is 10.7. The molecule has 0 N–H and O–H groups in total. The second-order valence-corrected chi connectivity index (χ2v) is 5.50. The van der Waals surface area contributed by atoms with Crippen molar-refractivity contribution in [2.45, 2.75) is 0 Å². The molecule has 2 aromatic rings. The molecule has 0 bridgehead atoms. The number of hydrogen-bond donors (Lipinski definition) is 0. The monoisotopic (exact) mass is 366 g/mol. The number of thiophene rings is 1. The molecule has 0 aliphatic heterocycles. The van der Waals surface area contributed by atoms with Gasteiger partial charge in [0, 0.05) is 29.1 Å². The van der Waals surface area contributed by atoms with E-state index < -0.39 is 0 Å². The molecule has 2 rings (SSSR count). The van der Waals surface area contributed by atoms with Crippen molar-refractivity contribution in [2.75, 3.05) is 0 Å². The first-order valence-electron chi connectivity index (χ1n) is 3.54. The Labute approximate surface area is 101 Å². The van der Waals surface area contributed by atoms with Crippen molar-refractivity contribution in [2.24, 2.45) is 0 Å². The number of halogens is 2. The van der Waals surface area contributed by atoms with Gasteiger partial charge >= 0.3 is 0 Å². The fourth-order valence-corrected chi connectivity index (χ4v) is 3.56. The topological polar surface area (TPSA) is 17.1 Å². The Morgan fingerprint density at radius 1 is 1.46 bits per heavy atom. The van der Waals surface area contributed by atoms with Crippen LogP contribution in [0.2, 0.25) is 0 Å². The molecule has 66 valence electrons. The van der Waals surface area contributed by atoms with Crippen LogP contribution in [0.1, 0.15) is 10.4 Å². The quantitative estimate of drug-likeness (QED) is 0.549. The van der Waals surface area contributed by atoms with E-state index in [4.69, 9.17) is 0 Å². The predicted molar refractivity (Wildman–Crippen MR) is 67.6 cm³/mol. The van der Waals surface area contributed by atoms with Crippen LogP contribution < -0.4 is 0 Å². The van der Waals surface area contributed by atoms with Gasteiger partial charge in [0.2, 0.25) is 0 Å². The highest BCUT2D eigenvalue weighted by Crippen LogP contribution is 2.31. The third-order valence-electron chi connectivity index (χ3n) is 1.77. The Balaban J connectivity index is 2.84. The SMILES string of the molecule is O=Cc1cc2c(I)csc2cc1Br. The van der Waals surface area contributed by atoms with Crippen LogP contribution in [0.4, 0.5) is 0 Å². The molecule has 1 heterocycles. The summed E-state index contributed by atoms with van der Waals surface area (Å²) in [6.45, 7) is 0. The Hall–Kier alpha value is 0.0600. The number of fused-ring (bicyclic) bond motifs is 1. The molecular weight excluding hydrogens is 363 g/mol. The average Bonchev–Trinajstić information content (AvgIpc) is 2.46. The zero-order valence-electron chi connectivity index (χ0n) is 6.38. The summed E-state index contributed by atoms with van der Waals surface area (Å²) in [5.41, 5.74) is 0.712. The number of carbonyl (C=O) groups is 1. The summed E-state index contributed by atoms with van der Waals surface area (Å²) in [7, 11) is 0. The molecule has 0 spiro atoms. The molecule has 0 radical (unpaired) electrons. The molecular formula is C9H4BrIOS. The minimum Gasteiger partial charge on any atom is -0.298 e. The van der Waals surface area contributed by atoms with Crippen LogP contribution in [-0.4, -0.2) is 6.29 Å². The molecule has 0 aliphatic carbocycles. The van der Waals surface area contributed by atoms with Crippen molar-refractivity contribution >= 4 is 66.2 Å². The van der Waals surface area contributed by atoms with Crippen LogP contribution in [0, 0.1) is 3.57 Å². The summed E-state index contributed by atoms with van der Waals surface area (Å²) < 4.78 is 3.28. The summed E-state index contributed by atoms with van der Waals surface area (Å²) >= 11 is 7.33. The Kier molecular flexibility index (Phi) is 2.71. The van der Waals surface area contributed by atoms with E-state index in [0.717, 1.165) is 16.1 Å². The number of carbonyl (C=O) groups excluding carboxylic acids is 1. The Morgan fingerprint density at radius 2 is 2.23 bits per heavy atom. The first-order chi connectivity index (χ1) is 6.22. The molecule has 0 aliphatic rings. The third-order valence-corrected chi connectivity index (χ3v) is 4.72. The van der Waals surface area contributed by atoms with Crippen LogP contribution >= 0.6 is 49.9 Å². The highest BCUT2D eigenvalue weighted by molar-refractivity contribution is 14.1. The van der Waals surface area contributed by atoms with Gasteiger partial charge in [0.25, 0.3) is 0 Å². The number of rotatable bonds is 1. The van der Waals surface area contributed by atoms with Gasteiger partial charge in [-0.1, -0.05) is 15.9 Å². The molecule has 0 amide bonds. The average molecular weight is 367 g/mol. The van der Waals surface area contributed by atoms with E-state index in [1.165, 1.54) is 8.27 Å². The van der Waals surface area contributed by atoms with Gasteiger partial charge in [0.05, 0.1) is 0 Å². The lowest BCUT2D eigenvalue weighted by atomic mass is 10.2. The van der Waals surface area contributed by atoms with Gasteiger partial charge < -0.3 is 0 Å². The second-order valence-electron chi connectivity index (χ2n) is 2.57. The second kappa shape index (κ2) is 3.67. The van der Waals surface area contributed by atoms with E-state index in [2.05, 4.69) is 43.9 Å². The maximum atomic E-state index is 10.7. The van der Waals surface area contributed by atoms with Gasteiger partial charge in [0.15, 0.2) is 6.29 Å². The summed E-state index contributed by atoms with van der Waals surface area (Å²) in [6, 6.07) is 3.91. The van der Waals surface area contributed by atoms with Crippen molar-refractivity contribution in [1.29, 1.82) is 0 Å². The normalized spacial score (nSPS) is 10.6. The summed E-state index contributed by atoms with van der Waals surface area (Å²) in [5, 5.41) is 3.25. The summed E-state index contributed by atoms with van der Waals surface area (Å²) in [6.07, 6.45) is 0.872. The van der Waals surface area contributed by atoms with Gasteiger partial charge in [-0.3, -0.25) is 4.79 Å². The van der Waals surface area contributed by atoms with Gasteiger partial charge in [-0.2, -0.15) is 0 Å². The third kappa shape index (κ3) is 1.67. The minimum absolute atomic E-state index is 0.712. The lowest BCUT2D eigenvalue weighted by molar-refractivity contribution is 0.112. The zero-order chi connectivity index (χ0) is 9.42. The zero-order valence-corrected chi connectivity index (χ0v) is 10.9. The van der Waals surface area contributed by atoms with E-state index >= 15 is 0 Å². The molecule has 0 unspecified atom stereocenters. The van der Waals surface area contributed by atoms with E-state index in [9.17, 15) is 4.79 Å². The van der Waals surface area contributed by atoms with E-state index in [-0.39, 0.29) is 0 Å². The van der Waals surface area contributed by atoms with Crippen LogP contribution in [-0.2, 0) is 0 Å². The van der Waals surface area contributed by atoms with Crippen molar-refractivity contribution in [3.05, 3.63) is 31.1 Å². The van der Waals surface area contributed by atoms with Gasteiger partial charge in [-0.05, 0) is 34.7 Å². The lowest BCUT2D eigenvalue weighted by Crippen LogP contribution is -1.81. The fraction of sp³-hybridized carbons (Fsp3) is 0. The molecule has 1 nitrogen and oxygen atoms in total. The standard InChI is InChI=1S/C9H4BrIOS/c10-7-2-9-6(1-5(7)3-12)8(11)4-13-9/h1-4H. The molecule has 1 aromatic heterocycles. The first-order valence-corrected chi connectivity index (χ1v) is 6.29. The predicted octanol–water partition coefficient (Wildman–Crippen LogP) is 4.08. The van der Waals surface area contributed by atoms with Gasteiger partial charge in [-0.25, -0.2) is 0 Å². The van der Waals surface area contributed by atoms with Crippen LogP contribution in [0.3, 0.4) is 0 Å². The maximum absolute atomic E-state index is 10.7. The first kappa shape index (κ1) is 9.61. The molecule has 0 atom stereocenters. The molecule has 1 aromatic carbocycles. The Morgan fingerprint density at radius 3 is 2.92 bits per heavy atom. The van der Waals surface area contributed by atoms with Gasteiger partial charge in [-0.15, -0.1) is 11.3 Å². The highest BCUT2D eigenvalue weighted by atomic mass is 127. The number of aldehydes is 1. The number of benzene rings is 1. The highest BCUT2D eigenvalue weighted by Gasteiger charge is 2.05. The van der Waals surface area contributed by atoms with Gasteiger partial charge in [0.1, 0.15) is 0 Å². The van der Waals surface area contributed by atoms with Crippen LogP contribution in [0.15, 0.2) is 22.0 Å². The molecule has 0 saturated heterocycles. The van der Waals surface area contributed by atoms with E-state index in [0.29, 0.717) is 5.56 Å². The van der Waals surface area contributed by atoms with Crippen molar-refractivity contribution < 1.29 is 4.79 Å². The van der Waals surface area contributed by atoms with Crippen molar-refractivity contribution in [1.82, 2.24) is 0 Å². The smallest absolute Gasteiger partial charge is 0.151 e. The molecule has 4 heteroatoms. The summed E-state index contributed by atoms with van der Waals surface area (Å²) in [5.74, 6) is 0. The number of hydrogen-bond acceptors (Lipinski definition) is 2. The molecule has 0 fully saturated rings. The molecule has 0 saturated carbocycles. The van der Waals surface area contributed by atoms with Crippen LogP contribution in [0.5, 0.6) is 0 Å². The molecule has 13 heavy (non-hydrogen) atoms. The maximum Gasteiger partial charge on any atom is 0.151 e.